The molecule has 0 spiro atoms. The van der Waals surface area contributed by atoms with Crippen LogP contribution in [0.1, 0.15) is 36.0 Å². The molecule has 0 aliphatic carbocycles. The van der Waals surface area contributed by atoms with Gasteiger partial charge in [0.05, 0.1) is 5.69 Å². The highest BCUT2D eigenvalue weighted by atomic mass is 32.1. The number of rotatable bonds is 5. The number of nitrogens with one attached hydrogen (secondary N) is 2. The molecule has 0 saturated carbocycles. The van der Waals surface area contributed by atoms with E-state index in [1.165, 1.54) is 5.56 Å². The van der Waals surface area contributed by atoms with Gasteiger partial charge in [-0.2, -0.15) is 11.3 Å². The number of thiophene rings is 1. The van der Waals surface area contributed by atoms with Gasteiger partial charge in [0.15, 0.2) is 0 Å². The van der Waals surface area contributed by atoms with Crippen LogP contribution in [0.2, 0.25) is 0 Å². The average Bonchev–Trinajstić information content (AvgIpc) is 3.46. The average molecular weight is 453 g/mol. The van der Waals surface area contributed by atoms with E-state index in [4.69, 9.17) is 0 Å². The summed E-state index contributed by atoms with van der Waals surface area (Å²) in [5.74, 6) is -0.645. The molecule has 3 aliphatic rings. The van der Waals surface area contributed by atoms with Crippen molar-refractivity contribution >= 4 is 40.4 Å². The van der Waals surface area contributed by atoms with Crippen molar-refractivity contribution in [1.29, 1.82) is 0 Å². The Balaban J connectivity index is 1.10. The number of aryl methyl sites for hydroxylation is 1. The van der Waals surface area contributed by atoms with Crippen molar-refractivity contribution in [2.24, 2.45) is 5.92 Å². The predicted molar refractivity (Wildman–Crippen MR) is 125 cm³/mol. The molecular formula is C24H28N4O3S. The zero-order valence-electron chi connectivity index (χ0n) is 18.1. The lowest BCUT2D eigenvalue weighted by molar-refractivity contribution is -0.136. The highest BCUT2D eigenvalue weighted by Gasteiger charge is 2.31. The number of carbonyl (C=O) groups is 3. The third kappa shape index (κ3) is 4.42. The number of hydrogen-bond donors (Lipinski definition) is 2. The first-order chi connectivity index (χ1) is 15.6. The lowest BCUT2D eigenvalue weighted by Gasteiger charge is -2.31. The van der Waals surface area contributed by atoms with Gasteiger partial charge < -0.3 is 15.5 Å². The molecule has 168 valence electrons. The van der Waals surface area contributed by atoms with Crippen molar-refractivity contribution in [3.05, 3.63) is 45.6 Å². The molecule has 5 rings (SSSR count). The fourth-order valence-corrected chi connectivity index (χ4v) is 5.68. The van der Waals surface area contributed by atoms with E-state index in [1.807, 2.05) is 17.0 Å². The molecule has 4 heterocycles. The Morgan fingerprint density at radius 2 is 1.81 bits per heavy atom. The minimum absolute atomic E-state index is 0.171. The van der Waals surface area contributed by atoms with Crippen LogP contribution in [-0.4, -0.2) is 48.8 Å². The summed E-state index contributed by atoms with van der Waals surface area (Å²) >= 11 is 1.73. The maximum Gasteiger partial charge on any atom is 0.313 e. The van der Waals surface area contributed by atoms with Crippen molar-refractivity contribution in [3.8, 4) is 0 Å². The molecule has 0 radical (unpaired) electrons. The van der Waals surface area contributed by atoms with Gasteiger partial charge in [-0.25, -0.2) is 0 Å². The van der Waals surface area contributed by atoms with Crippen LogP contribution in [0.3, 0.4) is 0 Å². The Hall–Kier alpha value is -2.71. The predicted octanol–water partition coefficient (Wildman–Crippen LogP) is 2.55. The first-order valence-corrected chi connectivity index (χ1v) is 12.3. The molecule has 7 nitrogen and oxygen atoms in total. The van der Waals surface area contributed by atoms with Crippen LogP contribution in [0.5, 0.6) is 0 Å². The molecule has 3 amide bonds. The smallest absolute Gasteiger partial charge is 0.313 e. The van der Waals surface area contributed by atoms with E-state index in [9.17, 15) is 14.4 Å². The summed E-state index contributed by atoms with van der Waals surface area (Å²) in [6.45, 7) is 4.25. The van der Waals surface area contributed by atoms with Crippen LogP contribution in [0.4, 0.5) is 11.4 Å². The van der Waals surface area contributed by atoms with E-state index >= 15 is 0 Å². The van der Waals surface area contributed by atoms with Gasteiger partial charge in [-0.1, -0.05) is 0 Å². The molecule has 3 aliphatic heterocycles. The lowest BCUT2D eigenvalue weighted by atomic mass is 9.96. The van der Waals surface area contributed by atoms with Gasteiger partial charge in [-0.3, -0.25) is 19.3 Å². The normalized spacial score (nSPS) is 18.5. The second-order valence-electron chi connectivity index (χ2n) is 8.95. The number of hydrogen-bond acceptors (Lipinski definition) is 5. The van der Waals surface area contributed by atoms with Crippen LogP contribution >= 0.6 is 11.3 Å². The van der Waals surface area contributed by atoms with E-state index < -0.39 is 11.8 Å². The minimum Gasteiger partial charge on any atom is -0.348 e. The molecule has 1 saturated heterocycles. The van der Waals surface area contributed by atoms with Crippen LogP contribution in [0, 0.1) is 5.92 Å². The number of anilines is 2. The van der Waals surface area contributed by atoms with Gasteiger partial charge in [-0.05, 0) is 90.3 Å². The highest BCUT2D eigenvalue weighted by molar-refractivity contribution is 7.07. The zero-order valence-corrected chi connectivity index (χ0v) is 18.9. The van der Waals surface area contributed by atoms with Crippen molar-refractivity contribution in [2.45, 2.75) is 38.6 Å². The third-order valence-corrected chi connectivity index (χ3v) is 7.49. The molecule has 0 unspecified atom stereocenters. The van der Waals surface area contributed by atoms with Gasteiger partial charge in [0.1, 0.15) is 0 Å². The fraction of sp³-hybridized carbons (Fsp3) is 0.458. The lowest BCUT2D eigenvalue weighted by Crippen LogP contribution is -2.41. The Kier molecular flexibility index (Phi) is 5.97. The molecular weight excluding hydrogens is 424 g/mol. The largest absolute Gasteiger partial charge is 0.348 e. The number of amides is 3. The van der Waals surface area contributed by atoms with Crippen molar-refractivity contribution in [1.82, 2.24) is 10.2 Å². The second kappa shape index (κ2) is 9.03. The van der Waals surface area contributed by atoms with Crippen LogP contribution < -0.4 is 15.5 Å². The van der Waals surface area contributed by atoms with E-state index in [-0.39, 0.29) is 5.91 Å². The Morgan fingerprint density at radius 3 is 2.56 bits per heavy atom. The third-order valence-electron chi connectivity index (χ3n) is 6.76. The number of benzene rings is 1. The highest BCUT2D eigenvalue weighted by Crippen LogP contribution is 2.38. The summed E-state index contributed by atoms with van der Waals surface area (Å²) in [7, 11) is 0. The summed E-state index contributed by atoms with van der Waals surface area (Å²) in [5.41, 5.74) is 5.15. The van der Waals surface area contributed by atoms with Crippen molar-refractivity contribution < 1.29 is 14.4 Å². The van der Waals surface area contributed by atoms with E-state index in [0.29, 0.717) is 37.5 Å². The van der Waals surface area contributed by atoms with Gasteiger partial charge in [0, 0.05) is 31.7 Å². The number of carbonyl (C=O) groups excluding carboxylic acids is 3. The molecule has 1 aromatic carbocycles. The van der Waals surface area contributed by atoms with Gasteiger partial charge in [0.25, 0.3) is 0 Å². The van der Waals surface area contributed by atoms with Gasteiger partial charge >= 0.3 is 11.8 Å². The first kappa shape index (κ1) is 21.2. The second-order valence-corrected chi connectivity index (χ2v) is 9.73. The maximum absolute atomic E-state index is 12.5. The molecule has 2 aromatic rings. The first-order valence-electron chi connectivity index (χ1n) is 11.4. The van der Waals surface area contributed by atoms with Crippen molar-refractivity contribution in [3.63, 3.8) is 0 Å². The summed E-state index contributed by atoms with van der Waals surface area (Å²) < 4.78 is 0. The summed E-state index contributed by atoms with van der Waals surface area (Å²) in [4.78, 5) is 41.2. The number of nitrogens with zero attached hydrogens (tertiary/aromatic N) is 2. The summed E-state index contributed by atoms with van der Waals surface area (Å²) in [5, 5.41) is 9.87. The quantitative estimate of drug-likeness (QED) is 0.683. The summed E-state index contributed by atoms with van der Waals surface area (Å²) in [6.07, 6.45) is 4.01. The molecule has 8 heteroatoms. The molecule has 1 fully saturated rings. The SMILES string of the molecule is O=C(NCC1CCN(Cc2ccsc2)CC1)C(=O)Nc1cc2c3c(c1)CCN3C(=O)CC2. The van der Waals surface area contributed by atoms with Crippen molar-refractivity contribution in [2.75, 3.05) is 36.4 Å². The maximum atomic E-state index is 12.5. The van der Waals surface area contributed by atoms with E-state index in [0.717, 1.165) is 55.7 Å². The zero-order chi connectivity index (χ0) is 22.1. The van der Waals surface area contributed by atoms with Crippen LogP contribution in [0.25, 0.3) is 0 Å². The van der Waals surface area contributed by atoms with E-state index in [1.54, 1.807) is 11.3 Å². The molecule has 32 heavy (non-hydrogen) atoms. The number of piperidine rings is 1. The standard InChI is InChI=1S/C24H28N4O3S/c29-21-2-1-18-11-20(12-19-5-9-28(21)22(18)19)26-24(31)23(30)25-13-16-3-7-27(8-4-16)14-17-6-10-32-15-17/h6,10-12,15-16H,1-5,7-9,13-14H2,(H,25,30)(H,26,31). The number of likely N-dealkylation sites (tertiary alicyclic amines) is 1. The van der Waals surface area contributed by atoms with Gasteiger partial charge in [0.2, 0.25) is 5.91 Å². The monoisotopic (exact) mass is 452 g/mol. The fourth-order valence-electron chi connectivity index (χ4n) is 5.02. The van der Waals surface area contributed by atoms with Gasteiger partial charge in [-0.15, -0.1) is 0 Å². The molecule has 0 atom stereocenters. The van der Waals surface area contributed by atoms with E-state index in [2.05, 4.69) is 32.4 Å². The molecule has 1 aromatic heterocycles. The Labute approximate surface area is 191 Å². The Morgan fingerprint density at radius 1 is 1.03 bits per heavy atom. The molecule has 0 bridgehead atoms. The van der Waals surface area contributed by atoms with Crippen LogP contribution in [0.15, 0.2) is 29.0 Å². The topological polar surface area (TPSA) is 81.8 Å². The minimum atomic E-state index is -0.631. The Bertz CT molecular complexity index is 1030. The summed E-state index contributed by atoms with van der Waals surface area (Å²) in [6, 6.07) is 5.96. The van der Waals surface area contributed by atoms with Crippen LogP contribution in [-0.2, 0) is 33.8 Å². The molecule has 2 N–H and O–H groups in total.